The number of hydrogen-bond acceptors (Lipinski definition) is 2. The number of halogens is 2. The lowest BCUT2D eigenvalue weighted by atomic mass is 10.2. The van der Waals surface area contributed by atoms with Crippen molar-refractivity contribution in [1.82, 2.24) is 6.15 Å². The predicted octanol–water partition coefficient (Wildman–Crippen LogP) is 2.53. The van der Waals surface area contributed by atoms with E-state index in [0.717, 1.165) is 0 Å². The van der Waals surface area contributed by atoms with Crippen LogP contribution in [0.2, 0.25) is 0 Å². The molecule has 0 heterocycles. The molecule has 0 saturated carbocycles. The first kappa shape index (κ1) is 11.4. The molecule has 5 heteroatoms. The summed E-state index contributed by atoms with van der Waals surface area (Å²) in [5, 5.41) is 19.5. The Bertz CT molecular complexity index is 310. The Balaban J connectivity index is 0.00000121. The second-order valence-electron chi connectivity index (χ2n) is 1.88. The molecule has 0 spiro atoms. The molecule has 0 aliphatic rings. The Morgan fingerprint density at radius 1 is 1.25 bits per heavy atom. The number of nitrogens with zero attached hydrogens (tertiary/aromatic N) is 1. The highest BCUT2D eigenvalue weighted by Gasteiger charge is 1.97. The number of rotatable bonds is 0. The first-order valence-corrected chi connectivity index (χ1v) is 4.30. The molecular weight excluding hydrogens is 288 g/mol. The minimum atomic E-state index is -0.135. The largest absolute Gasteiger partial charge is 0.871 e. The van der Waals surface area contributed by atoms with Crippen molar-refractivity contribution in [3.05, 3.63) is 26.6 Å². The van der Waals surface area contributed by atoms with E-state index in [2.05, 4.69) is 31.9 Å². The zero-order valence-corrected chi connectivity index (χ0v) is 9.44. The number of benzene rings is 1. The third-order valence-electron chi connectivity index (χ3n) is 1.13. The van der Waals surface area contributed by atoms with Gasteiger partial charge >= 0.3 is 0 Å². The molecule has 0 saturated heterocycles. The number of nitriles is 1. The lowest BCUT2D eigenvalue weighted by Crippen LogP contribution is -1.92. The quantitative estimate of drug-likeness (QED) is 0.797. The topological polar surface area (TPSA) is 83.3 Å². The van der Waals surface area contributed by atoms with E-state index in [1.54, 1.807) is 0 Å². The van der Waals surface area contributed by atoms with Gasteiger partial charge in [0.15, 0.2) is 0 Å². The minimum Gasteiger partial charge on any atom is -0.871 e. The summed E-state index contributed by atoms with van der Waals surface area (Å²) >= 11 is 6.09. The summed E-state index contributed by atoms with van der Waals surface area (Å²) < 4.78 is 0.812. The van der Waals surface area contributed by atoms with E-state index in [9.17, 15) is 5.11 Å². The van der Waals surface area contributed by atoms with Gasteiger partial charge in [-0.05, 0) is 12.1 Å². The Hall–Kier alpha value is -0.570. The van der Waals surface area contributed by atoms with Gasteiger partial charge < -0.3 is 11.3 Å². The molecule has 64 valence electrons. The normalized spacial score (nSPS) is 8.42. The van der Waals surface area contributed by atoms with Crippen LogP contribution in [-0.4, -0.2) is 0 Å². The Morgan fingerprint density at radius 2 is 1.67 bits per heavy atom. The molecule has 0 bridgehead atoms. The number of hydrogen-bond donors (Lipinski definition) is 1. The minimum absolute atomic E-state index is 0. The fourth-order valence-corrected chi connectivity index (χ4v) is 1.81. The Labute approximate surface area is 86.9 Å². The first-order valence-electron chi connectivity index (χ1n) is 2.71. The van der Waals surface area contributed by atoms with Gasteiger partial charge in [-0.25, -0.2) is 0 Å². The summed E-state index contributed by atoms with van der Waals surface area (Å²) in [7, 11) is 0. The van der Waals surface area contributed by atoms with Crippen LogP contribution in [0.5, 0.6) is 5.75 Å². The van der Waals surface area contributed by atoms with E-state index in [1.807, 2.05) is 6.07 Å². The van der Waals surface area contributed by atoms with Crippen LogP contribution in [0.4, 0.5) is 0 Å². The van der Waals surface area contributed by atoms with Crippen molar-refractivity contribution in [1.29, 1.82) is 5.26 Å². The lowest BCUT2D eigenvalue weighted by Gasteiger charge is -2.10. The van der Waals surface area contributed by atoms with Crippen molar-refractivity contribution in [2.75, 3.05) is 0 Å². The molecule has 0 aliphatic heterocycles. The summed E-state index contributed by atoms with van der Waals surface area (Å²) in [4.78, 5) is 0. The summed E-state index contributed by atoms with van der Waals surface area (Å²) in [6.45, 7) is 0. The van der Waals surface area contributed by atoms with Gasteiger partial charge in [-0.15, -0.1) is 0 Å². The molecule has 1 aromatic rings. The molecule has 1 aromatic carbocycles. The van der Waals surface area contributed by atoms with E-state index in [-0.39, 0.29) is 11.9 Å². The van der Waals surface area contributed by atoms with E-state index >= 15 is 0 Å². The molecule has 0 radical (unpaired) electrons. The van der Waals surface area contributed by atoms with Gasteiger partial charge in [-0.2, -0.15) is 5.26 Å². The van der Waals surface area contributed by atoms with Crippen LogP contribution < -0.4 is 11.3 Å². The van der Waals surface area contributed by atoms with E-state index in [4.69, 9.17) is 5.26 Å². The third-order valence-corrected chi connectivity index (χ3v) is 2.31. The molecule has 3 nitrogen and oxygen atoms in total. The van der Waals surface area contributed by atoms with Crippen LogP contribution in [0, 0.1) is 11.3 Å². The Kier molecular flexibility index (Phi) is 4.24. The van der Waals surface area contributed by atoms with Gasteiger partial charge in [-0.1, -0.05) is 37.6 Å². The standard InChI is InChI=1S/C7H3Br2NO.H3N/c8-5-1-4(3-10)2-6(9)7(5)11;/h1-2,11H;1H3. The molecule has 0 amide bonds. The fraction of sp³-hybridized carbons (Fsp3) is 0. The van der Waals surface area contributed by atoms with Crippen molar-refractivity contribution in [3.8, 4) is 11.8 Å². The van der Waals surface area contributed by atoms with Gasteiger partial charge in [0.25, 0.3) is 0 Å². The summed E-state index contributed by atoms with van der Waals surface area (Å²) in [6.07, 6.45) is 0. The van der Waals surface area contributed by atoms with Gasteiger partial charge in [-0.3, -0.25) is 0 Å². The zero-order valence-electron chi connectivity index (χ0n) is 6.27. The SMILES string of the molecule is N#Cc1cc(Br)c([O-])c(Br)c1.[NH4+]. The monoisotopic (exact) mass is 292 g/mol. The van der Waals surface area contributed by atoms with Crippen molar-refractivity contribution in [3.63, 3.8) is 0 Å². The van der Waals surface area contributed by atoms with Gasteiger partial charge in [0.1, 0.15) is 0 Å². The maximum atomic E-state index is 11.0. The molecule has 0 fully saturated rings. The summed E-state index contributed by atoms with van der Waals surface area (Å²) in [5.74, 6) is -0.135. The van der Waals surface area contributed by atoms with Gasteiger partial charge in [0.05, 0.1) is 11.6 Å². The maximum absolute atomic E-state index is 11.0. The molecular formula is C7H6Br2N2O. The van der Waals surface area contributed by atoms with Crippen LogP contribution >= 0.6 is 31.9 Å². The second kappa shape index (κ2) is 4.45. The Morgan fingerprint density at radius 3 is 2.00 bits per heavy atom. The van der Waals surface area contributed by atoms with E-state index in [1.165, 1.54) is 12.1 Å². The zero-order chi connectivity index (χ0) is 8.43. The highest BCUT2D eigenvalue weighted by Crippen LogP contribution is 2.30. The second-order valence-corrected chi connectivity index (χ2v) is 3.59. The van der Waals surface area contributed by atoms with E-state index < -0.39 is 0 Å². The van der Waals surface area contributed by atoms with Crippen LogP contribution in [0.1, 0.15) is 5.56 Å². The lowest BCUT2D eigenvalue weighted by molar-refractivity contribution is -0.270. The average molecular weight is 294 g/mol. The molecule has 12 heavy (non-hydrogen) atoms. The first-order chi connectivity index (χ1) is 5.15. The van der Waals surface area contributed by atoms with Crippen molar-refractivity contribution in [2.24, 2.45) is 0 Å². The summed E-state index contributed by atoms with van der Waals surface area (Å²) in [5.41, 5.74) is 0.461. The molecule has 0 atom stereocenters. The van der Waals surface area contributed by atoms with Crippen LogP contribution in [0.25, 0.3) is 0 Å². The van der Waals surface area contributed by atoms with Crippen LogP contribution in [0.15, 0.2) is 21.1 Å². The highest BCUT2D eigenvalue weighted by molar-refractivity contribution is 9.11. The average Bonchev–Trinajstić information content (AvgIpc) is 1.99. The van der Waals surface area contributed by atoms with Crippen LogP contribution in [-0.2, 0) is 0 Å². The van der Waals surface area contributed by atoms with Crippen molar-refractivity contribution >= 4 is 31.9 Å². The highest BCUT2D eigenvalue weighted by atomic mass is 79.9. The third kappa shape index (κ3) is 2.21. The van der Waals surface area contributed by atoms with Crippen molar-refractivity contribution in [2.45, 2.75) is 0 Å². The molecule has 1 rings (SSSR count). The van der Waals surface area contributed by atoms with Crippen LogP contribution in [0.3, 0.4) is 0 Å². The van der Waals surface area contributed by atoms with Gasteiger partial charge in [0, 0.05) is 8.95 Å². The predicted molar refractivity (Wildman–Crippen MR) is 52.0 cm³/mol. The molecule has 0 aliphatic carbocycles. The van der Waals surface area contributed by atoms with E-state index in [0.29, 0.717) is 14.5 Å². The molecule has 0 unspecified atom stereocenters. The van der Waals surface area contributed by atoms with Crippen molar-refractivity contribution < 1.29 is 5.11 Å². The van der Waals surface area contributed by atoms with Gasteiger partial charge in [0.2, 0.25) is 0 Å². The number of quaternary nitrogens is 1. The molecule has 4 N–H and O–H groups in total. The summed E-state index contributed by atoms with van der Waals surface area (Å²) in [6, 6.07) is 4.92. The smallest absolute Gasteiger partial charge is 0.0992 e. The maximum Gasteiger partial charge on any atom is 0.0992 e. The fourth-order valence-electron chi connectivity index (χ4n) is 0.624. The molecule has 0 aromatic heterocycles.